The molecule has 0 amide bonds. The largest absolute Gasteiger partial charge is 0.351 e. The maximum Gasteiger partial charge on any atom is 0.351 e. The molecule has 0 unspecified atom stereocenters. The van der Waals surface area contributed by atoms with Gasteiger partial charge in [0.05, 0.1) is 27.1 Å². The maximum atomic E-state index is 15.1. The third kappa shape index (κ3) is 4.78. The van der Waals surface area contributed by atoms with Gasteiger partial charge in [0, 0.05) is 29.7 Å². The Hall–Kier alpha value is -3.87. The average Bonchev–Trinajstić information content (AvgIpc) is 3.15. The Bertz CT molecular complexity index is 1670. The van der Waals surface area contributed by atoms with Crippen molar-refractivity contribution in [1.29, 1.82) is 0 Å². The first-order valence-corrected chi connectivity index (χ1v) is 12.5. The standard InChI is InChI=1S/C23H19ClFN5O5S/c1-2-22-27-29(20-12-16(30(32)33)9-10-18(20)24)23(31)28(22)13-15-8-7-14(11-19(15)25)17-5-3-4-6-21(17)36(26,34)35/h3-12H,2,13H2,1H3,(H2,26,34,35). The van der Waals surface area contributed by atoms with E-state index in [-0.39, 0.29) is 39.0 Å². The van der Waals surface area contributed by atoms with Crippen molar-refractivity contribution in [1.82, 2.24) is 14.3 Å². The highest BCUT2D eigenvalue weighted by Gasteiger charge is 2.20. The van der Waals surface area contributed by atoms with E-state index in [9.17, 15) is 23.3 Å². The summed E-state index contributed by atoms with van der Waals surface area (Å²) in [6.45, 7) is 1.57. The van der Waals surface area contributed by atoms with E-state index in [1.54, 1.807) is 13.0 Å². The van der Waals surface area contributed by atoms with E-state index in [1.807, 2.05) is 0 Å². The third-order valence-electron chi connectivity index (χ3n) is 5.51. The van der Waals surface area contributed by atoms with Crippen molar-refractivity contribution in [3.8, 4) is 16.8 Å². The number of hydrogen-bond donors (Lipinski definition) is 1. The first-order chi connectivity index (χ1) is 17.0. The highest BCUT2D eigenvalue weighted by molar-refractivity contribution is 7.89. The summed E-state index contributed by atoms with van der Waals surface area (Å²) in [5.74, 6) is -0.363. The van der Waals surface area contributed by atoms with Gasteiger partial charge in [-0.15, -0.1) is 5.10 Å². The molecular formula is C23H19ClFN5O5S. The van der Waals surface area contributed by atoms with Crippen molar-refractivity contribution in [3.05, 3.63) is 103 Å². The average molecular weight is 532 g/mol. The Morgan fingerprint density at radius 3 is 2.50 bits per heavy atom. The topological polar surface area (TPSA) is 143 Å². The summed E-state index contributed by atoms with van der Waals surface area (Å²) >= 11 is 6.17. The maximum absolute atomic E-state index is 15.1. The van der Waals surface area contributed by atoms with E-state index in [1.165, 1.54) is 47.0 Å². The summed E-state index contributed by atoms with van der Waals surface area (Å²) in [5, 5.41) is 20.8. The van der Waals surface area contributed by atoms with Crippen LogP contribution in [0.25, 0.3) is 16.8 Å². The fourth-order valence-corrected chi connectivity index (χ4v) is 4.72. The fraction of sp³-hybridized carbons (Fsp3) is 0.130. The SMILES string of the molecule is CCc1nn(-c2cc([N+](=O)[O-])ccc2Cl)c(=O)n1Cc1ccc(-c2ccccc2S(N)(=O)=O)cc1F. The molecule has 0 aliphatic rings. The van der Waals surface area contributed by atoms with E-state index in [2.05, 4.69) is 5.10 Å². The molecule has 0 aliphatic heterocycles. The van der Waals surface area contributed by atoms with Crippen LogP contribution in [-0.4, -0.2) is 27.7 Å². The quantitative estimate of drug-likeness (QED) is 0.285. The Morgan fingerprint density at radius 1 is 1.14 bits per heavy atom. The number of primary sulfonamides is 1. The monoisotopic (exact) mass is 531 g/mol. The van der Waals surface area contributed by atoms with Gasteiger partial charge in [0.25, 0.3) is 5.69 Å². The lowest BCUT2D eigenvalue weighted by Crippen LogP contribution is -2.25. The number of benzene rings is 3. The molecule has 186 valence electrons. The lowest BCUT2D eigenvalue weighted by molar-refractivity contribution is -0.384. The van der Waals surface area contributed by atoms with Gasteiger partial charge in [-0.05, 0) is 23.8 Å². The summed E-state index contributed by atoms with van der Waals surface area (Å²) in [6, 6.07) is 13.7. The van der Waals surface area contributed by atoms with Crippen molar-refractivity contribution in [2.45, 2.75) is 24.8 Å². The fourth-order valence-electron chi connectivity index (χ4n) is 3.76. The highest BCUT2D eigenvalue weighted by atomic mass is 35.5. The molecule has 0 spiro atoms. The number of aryl methyl sites for hydroxylation is 1. The van der Waals surface area contributed by atoms with Gasteiger partial charge >= 0.3 is 5.69 Å². The zero-order valence-electron chi connectivity index (χ0n) is 18.8. The van der Waals surface area contributed by atoms with Crippen LogP contribution in [0.3, 0.4) is 0 Å². The molecule has 0 fully saturated rings. The second-order valence-electron chi connectivity index (χ2n) is 7.79. The molecule has 1 heterocycles. The second kappa shape index (κ2) is 9.64. The summed E-state index contributed by atoms with van der Waals surface area (Å²) in [6.07, 6.45) is 0.316. The molecule has 0 radical (unpaired) electrons. The van der Waals surface area contributed by atoms with Gasteiger partial charge in [-0.3, -0.25) is 14.7 Å². The molecule has 2 N–H and O–H groups in total. The number of halogens is 2. The highest BCUT2D eigenvalue weighted by Crippen LogP contribution is 2.28. The Labute approximate surface area is 209 Å². The number of nitro groups is 1. The van der Waals surface area contributed by atoms with Gasteiger partial charge < -0.3 is 0 Å². The number of sulfonamides is 1. The predicted molar refractivity (Wildman–Crippen MR) is 131 cm³/mol. The van der Waals surface area contributed by atoms with Gasteiger partial charge in [-0.25, -0.2) is 22.7 Å². The van der Waals surface area contributed by atoms with Gasteiger partial charge in [0.1, 0.15) is 11.6 Å². The Morgan fingerprint density at radius 2 is 1.86 bits per heavy atom. The van der Waals surface area contributed by atoms with E-state index in [4.69, 9.17) is 16.7 Å². The number of aromatic nitrogens is 3. The number of hydrogen-bond acceptors (Lipinski definition) is 6. The smallest absolute Gasteiger partial charge is 0.274 e. The van der Waals surface area contributed by atoms with Crippen molar-refractivity contribution in [3.63, 3.8) is 0 Å². The van der Waals surface area contributed by atoms with Gasteiger partial charge in [-0.2, -0.15) is 4.68 Å². The zero-order chi connectivity index (χ0) is 26.2. The number of nitro benzene ring substituents is 1. The van der Waals surface area contributed by atoms with Gasteiger partial charge in [-0.1, -0.05) is 48.9 Å². The van der Waals surface area contributed by atoms with Crippen LogP contribution in [0.2, 0.25) is 5.02 Å². The molecule has 4 aromatic rings. The molecule has 10 nitrogen and oxygen atoms in total. The lowest BCUT2D eigenvalue weighted by atomic mass is 10.0. The van der Waals surface area contributed by atoms with Crippen molar-refractivity contribution >= 4 is 27.3 Å². The molecule has 36 heavy (non-hydrogen) atoms. The number of non-ortho nitro benzene ring substituents is 1. The van der Waals surface area contributed by atoms with Crippen LogP contribution in [0, 0.1) is 15.9 Å². The van der Waals surface area contributed by atoms with E-state index in [0.717, 1.165) is 16.8 Å². The van der Waals surface area contributed by atoms with Crippen LogP contribution in [0.5, 0.6) is 0 Å². The first-order valence-electron chi connectivity index (χ1n) is 10.5. The van der Waals surface area contributed by atoms with Gasteiger partial charge in [0.15, 0.2) is 0 Å². The molecule has 0 aliphatic carbocycles. The summed E-state index contributed by atoms with van der Waals surface area (Å²) < 4.78 is 41.2. The number of nitrogens with two attached hydrogens (primary N) is 1. The Kier molecular flexibility index (Phi) is 6.76. The van der Waals surface area contributed by atoms with Crippen LogP contribution in [-0.2, 0) is 23.0 Å². The van der Waals surface area contributed by atoms with Gasteiger partial charge in [0.2, 0.25) is 10.0 Å². The molecule has 0 saturated carbocycles. The molecular weight excluding hydrogens is 513 g/mol. The van der Waals surface area contributed by atoms with Crippen molar-refractivity contribution in [2.24, 2.45) is 5.14 Å². The molecule has 1 aromatic heterocycles. The van der Waals surface area contributed by atoms with E-state index >= 15 is 4.39 Å². The summed E-state index contributed by atoms with van der Waals surface area (Å²) in [7, 11) is -4.04. The van der Waals surface area contributed by atoms with E-state index in [0.29, 0.717) is 17.8 Å². The molecule has 3 aromatic carbocycles. The summed E-state index contributed by atoms with van der Waals surface area (Å²) in [4.78, 5) is 23.6. The van der Waals surface area contributed by atoms with Crippen LogP contribution in [0.1, 0.15) is 18.3 Å². The van der Waals surface area contributed by atoms with Crippen molar-refractivity contribution in [2.75, 3.05) is 0 Å². The minimum Gasteiger partial charge on any atom is -0.274 e. The lowest BCUT2D eigenvalue weighted by Gasteiger charge is -2.11. The van der Waals surface area contributed by atoms with Crippen molar-refractivity contribution < 1.29 is 17.7 Å². The molecule has 0 saturated heterocycles. The minimum absolute atomic E-state index is 0.0275. The second-order valence-corrected chi connectivity index (χ2v) is 9.73. The molecule has 13 heteroatoms. The van der Waals surface area contributed by atoms with Crippen LogP contribution < -0.4 is 10.8 Å². The Balaban J connectivity index is 1.75. The molecule has 4 rings (SSSR count). The van der Waals surface area contributed by atoms with Crippen LogP contribution in [0.4, 0.5) is 10.1 Å². The summed E-state index contributed by atoms with van der Waals surface area (Å²) in [5.41, 5.74) is -0.214. The molecule has 0 atom stereocenters. The normalized spacial score (nSPS) is 11.6. The number of nitrogens with zero attached hydrogens (tertiary/aromatic N) is 4. The van der Waals surface area contributed by atoms with E-state index < -0.39 is 26.5 Å². The molecule has 0 bridgehead atoms. The predicted octanol–water partition coefficient (Wildman–Crippen LogP) is 3.66. The minimum atomic E-state index is -4.04. The first kappa shape index (κ1) is 25.2. The number of rotatable bonds is 7. The zero-order valence-corrected chi connectivity index (χ0v) is 20.3. The third-order valence-corrected chi connectivity index (χ3v) is 6.80. The van der Waals surface area contributed by atoms with Crippen LogP contribution >= 0.6 is 11.6 Å². The van der Waals surface area contributed by atoms with Crippen LogP contribution in [0.15, 0.2) is 70.4 Å².